The van der Waals surface area contributed by atoms with Gasteiger partial charge in [-0.05, 0) is 43.3 Å². The molecule has 28 heavy (non-hydrogen) atoms. The first-order valence-electron chi connectivity index (χ1n) is 8.01. The molecule has 0 N–H and O–H groups in total. The minimum Gasteiger partial charge on any atom is -0.497 e. The quantitative estimate of drug-likeness (QED) is 0.341. The fourth-order valence-corrected chi connectivity index (χ4v) is 2.49. The second-order valence-electron chi connectivity index (χ2n) is 5.64. The molecule has 1 atom stereocenters. The zero-order valence-electron chi connectivity index (χ0n) is 14.8. The number of methoxy groups -OCH3 is 1. The van der Waals surface area contributed by atoms with E-state index in [1.807, 2.05) is 0 Å². The van der Waals surface area contributed by atoms with Gasteiger partial charge in [0.15, 0.2) is 6.10 Å². The number of carbonyl (C=O) groups excluding carboxylic acids is 1. The van der Waals surface area contributed by atoms with Crippen LogP contribution in [0.3, 0.4) is 0 Å². The lowest BCUT2D eigenvalue weighted by Gasteiger charge is -2.09. The molecule has 0 radical (unpaired) electrons. The molecule has 0 amide bonds. The summed E-state index contributed by atoms with van der Waals surface area (Å²) >= 11 is 5.74. The molecule has 0 aliphatic carbocycles. The van der Waals surface area contributed by atoms with Gasteiger partial charge in [0, 0.05) is 11.6 Å². The summed E-state index contributed by atoms with van der Waals surface area (Å²) in [7, 11) is 1.56. The monoisotopic (exact) mass is 403 g/mol. The van der Waals surface area contributed by atoms with Crippen molar-refractivity contribution in [2.45, 2.75) is 13.0 Å². The maximum atomic E-state index is 12.3. The van der Waals surface area contributed by atoms with Crippen LogP contribution in [0.15, 0.2) is 46.9 Å². The first kappa shape index (κ1) is 19.3. The molecular formula is C18H14ClN3O6. The fraction of sp³-hybridized carbons (Fsp3) is 0.167. The lowest BCUT2D eigenvalue weighted by molar-refractivity contribution is -0.384. The van der Waals surface area contributed by atoms with Crippen molar-refractivity contribution in [3.8, 4) is 17.2 Å². The molecule has 10 heteroatoms. The van der Waals surface area contributed by atoms with Gasteiger partial charge in [-0.15, -0.1) is 10.2 Å². The number of aromatic nitrogens is 2. The lowest BCUT2D eigenvalue weighted by atomic mass is 10.2. The van der Waals surface area contributed by atoms with Crippen LogP contribution in [0.2, 0.25) is 5.02 Å². The van der Waals surface area contributed by atoms with Gasteiger partial charge in [-0.2, -0.15) is 0 Å². The number of esters is 1. The van der Waals surface area contributed by atoms with E-state index < -0.39 is 17.0 Å². The van der Waals surface area contributed by atoms with Gasteiger partial charge in [0.05, 0.1) is 17.6 Å². The van der Waals surface area contributed by atoms with Crippen molar-refractivity contribution in [3.63, 3.8) is 0 Å². The van der Waals surface area contributed by atoms with Crippen LogP contribution in [0, 0.1) is 10.1 Å². The van der Waals surface area contributed by atoms with Gasteiger partial charge in [0.1, 0.15) is 10.8 Å². The molecular weight excluding hydrogens is 390 g/mol. The Kier molecular flexibility index (Phi) is 5.55. The Balaban J connectivity index is 1.73. The Bertz CT molecular complexity index is 1020. The Morgan fingerprint density at radius 1 is 1.21 bits per heavy atom. The molecule has 1 aromatic heterocycles. The van der Waals surface area contributed by atoms with Crippen molar-refractivity contribution in [2.24, 2.45) is 0 Å². The maximum Gasteiger partial charge on any atom is 0.339 e. The number of hydrogen-bond acceptors (Lipinski definition) is 8. The fourth-order valence-electron chi connectivity index (χ4n) is 2.31. The van der Waals surface area contributed by atoms with E-state index in [0.29, 0.717) is 11.3 Å². The summed E-state index contributed by atoms with van der Waals surface area (Å²) in [5.41, 5.74) is 0.271. The van der Waals surface area contributed by atoms with Crippen molar-refractivity contribution in [3.05, 3.63) is 69.1 Å². The molecule has 0 unspecified atom stereocenters. The topological polar surface area (TPSA) is 118 Å². The SMILES string of the molecule is COc1ccc(-c2nnc([C@H](C)OC(=O)c3ccc(Cl)c([N+](=O)[O-])c3)o2)cc1. The largest absolute Gasteiger partial charge is 0.497 e. The summed E-state index contributed by atoms with van der Waals surface area (Å²) in [5.74, 6) is 0.240. The molecule has 1 heterocycles. The zero-order valence-corrected chi connectivity index (χ0v) is 15.5. The number of nitro groups is 1. The third kappa shape index (κ3) is 4.09. The summed E-state index contributed by atoms with van der Waals surface area (Å²) in [6.07, 6.45) is -0.860. The van der Waals surface area contributed by atoms with Crippen molar-refractivity contribution in [2.75, 3.05) is 7.11 Å². The van der Waals surface area contributed by atoms with E-state index in [2.05, 4.69) is 10.2 Å². The average Bonchev–Trinajstić information content (AvgIpc) is 3.18. The molecule has 0 spiro atoms. The van der Waals surface area contributed by atoms with Crippen molar-refractivity contribution >= 4 is 23.3 Å². The van der Waals surface area contributed by atoms with Gasteiger partial charge in [-0.1, -0.05) is 11.6 Å². The number of ether oxygens (including phenoxy) is 2. The molecule has 2 aromatic carbocycles. The number of hydrogen-bond donors (Lipinski definition) is 0. The molecule has 3 aromatic rings. The van der Waals surface area contributed by atoms with Crippen LogP contribution < -0.4 is 4.74 Å². The number of rotatable bonds is 6. The molecule has 3 rings (SSSR count). The van der Waals surface area contributed by atoms with Crippen LogP contribution in [0.25, 0.3) is 11.5 Å². The molecule has 0 aliphatic rings. The summed E-state index contributed by atoms with van der Waals surface area (Å²) in [6.45, 7) is 1.55. The predicted molar refractivity (Wildman–Crippen MR) is 98.2 cm³/mol. The van der Waals surface area contributed by atoms with E-state index in [-0.39, 0.29) is 28.1 Å². The highest BCUT2D eigenvalue weighted by atomic mass is 35.5. The molecule has 144 valence electrons. The maximum absolute atomic E-state index is 12.3. The van der Waals surface area contributed by atoms with E-state index >= 15 is 0 Å². The first-order valence-corrected chi connectivity index (χ1v) is 8.39. The number of carbonyl (C=O) groups is 1. The normalized spacial score (nSPS) is 11.7. The molecule has 9 nitrogen and oxygen atoms in total. The lowest BCUT2D eigenvalue weighted by Crippen LogP contribution is -2.10. The Labute approximate surface area is 164 Å². The first-order chi connectivity index (χ1) is 13.4. The highest BCUT2D eigenvalue weighted by Crippen LogP contribution is 2.27. The minimum atomic E-state index is -0.860. The Morgan fingerprint density at radius 2 is 1.93 bits per heavy atom. The van der Waals surface area contributed by atoms with Gasteiger partial charge in [0.2, 0.25) is 5.89 Å². The van der Waals surface area contributed by atoms with E-state index in [1.165, 1.54) is 12.1 Å². The van der Waals surface area contributed by atoms with Gasteiger partial charge in [-0.25, -0.2) is 4.79 Å². The molecule has 0 saturated carbocycles. The summed E-state index contributed by atoms with van der Waals surface area (Å²) in [6, 6.07) is 10.6. The third-order valence-corrected chi connectivity index (χ3v) is 4.11. The second kappa shape index (κ2) is 8.05. The predicted octanol–water partition coefficient (Wildman–Crippen LogP) is 4.22. The van der Waals surface area contributed by atoms with Gasteiger partial charge in [-0.3, -0.25) is 10.1 Å². The van der Waals surface area contributed by atoms with E-state index in [1.54, 1.807) is 38.3 Å². The van der Waals surface area contributed by atoms with Crippen molar-refractivity contribution in [1.82, 2.24) is 10.2 Å². The van der Waals surface area contributed by atoms with Crippen LogP contribution in [0.4, 0.5) is 5.69 Å². The molecule has 0 bridgehead atoms. The van der Waals surface area contributed by atoms with Crippen LogP contribution in [-0.4, -0.2) is 28.2 Å². The van der Waals surface area contributed by atoms with Crippen LogP contribution in [0.1, 0.15) is 29.3 Å². The number of nitro benzene ring substituents is 1. The summed E-state index contributed by atoms with van der Waals surface area (Å²) in [4.78, 5) is 22.5. The summed E-state index contributed by atoms with van der Waals surface area (Å²) in [5, 5.41) is 18.7. The average molecular weight is 404 g/mol. The highest BCUT2D eigenvalue weighted by Gasteiger charge is 2.22. The van der Waals surface area contributed by atoms with E-state index in [0.717, 1.165) is 6.07 Å². The zero-order chi connectivity index (χ0) is 20.3. The number of halogens is 1. The Hall–Kier alpha value is -3.46. The van der Waals surface area contributed by atoms with Gasteiger partial charge < -0.3 is 13.9 Å². The number of nitrogens with zero attached hydrogens (tertiary/aromatic N) is 3. The standard InChI is InChI=1S/C18H14ClN3O6/c1-10(27-18(23)12-5-8-14(19)15(9-12)22(24)25)16-20-21-17(28-16)11-3-6-13(26-2)7-4-11/h3-10H,1-2H3/t10-/m0/s1. The molecule has 0 fully saturated rings. The van der Waals surface area contributed by atoms with Crippen LogP contribution in [-0.2, 0) is 4.74 Å². The smallest absolute Gasteiger partial charge is 0.339 e. The second-order valence-corrected chi connectivity index (χ2v) is 6.05. The number of benzene rings is 2. The van der Waals surface area contributed by atoms with Gasteiger partial charge >= 0.3 is 5.97 Å². The molecule has 0 saturated heterocycles. The van der Waals surface area contributed by atoms with Crippen molar-refractivity contribution in [1.29, 1.82) is 0 Å². The Morgan fingerprint density at radius 3 is 2.57 bits per heavy atom. The molecule has 0 aliphatic heterocycles. The van der Waals surface area contributed by atoms with Gasteiger partial charge in [0.25, 0.3) is 11.6 Å². The van der Waals surface area contributed by atoms with E-state index in [9.17, 15) is 14.9 Å². The minimum absolute atomic E-state index is 0.0159. The van der Waals surface area contributed by atoms with E-state index in [4.69, 9.17) is 25.5 Å². The third-order valence-electron chi connectivity index (χ3n) is 3.79. The summed E-state index contributed by atoms with van der Waals surface area (Å²) < 4.78 is 15.9. The van der Waals surface area contributed by atoms with Crippen molar-refractivity contribution < 1.29 is 23.6 Å². The van der Waals surface area contributed by atoms with Crippen LogP contribution >= 0.6 is 11.6 Å². The van der Waals surface area contributed by atoms with Crippen LogP contribution in [0.5, 0.6) is 5.75 Å². The highest BCUT2D eigenvalue weighted by molar-refractivity contribution is 6.32.